The van der Waals surface area contributed by atoms with Crippen LogP contribution < -0.4 is 0 Å². The van der Waals surface area contributed by atoms with E-state index in [-0.39, 0.29) is 0 Å². The van der Waals surface area contributed by atoms with Crippen molar-refractivity contribution in [3.63, 3.8) is 0 Å². The second kappa shape index (κ2) is 3.36. The zero-order valence-corrected chi connectivity index (χ0v) is 8.73. The van der Waals surface area contributed by atoms with Gasteiger partial charge in [-0.2, -0.15) is 9.61 Å². The highest BCUT2D eigenvalue weighted by Gasteiger charge is 2.06. The number of hydrogen-bond donors (Lipinski definition) is 0. The topological polar surface area (TPSA) is 43.1 Å². The molecule has 0 unspecified atom stereocenters. The van der Waals surface area contributed by atoms with Crippen LogP contribution in [0.5, 0.6) is 0 Å². The van der Waals surface area contributed by atoms with Gasteiger partial charge in [-0.1, -0.05) is 20.8 Å². The van der Waals surface area contributed by atoms with E-state index >= 15 is 0 Å². The van der Waals surface area contributed by atoms with Gasteiger partial charge in [0.05, 0.1) is 6.20 Å². The van der Waals surface area contributed by atoms with Gasteiger partial charge < -0.3 is 0 Å². The molecule has 0 amide bonds. The van der Waals surface area contributed by atoms with Gasteiger partial charge in [0.2, 0.25) is 0 Å². The van der Waals surface area contributed by atoms with Crippen LogP contribution in [0.2, 0.25) is 0 Å². The summed E-state index contributed by atoms with van der Waals surface area (Å²) in [5.41, 5.74) is 2.04. The largest absolute Gasteiger partial charge is 0.197 e. The molecule has 4 nitrogen and oxygen atoms in total. The quantitative estimate of drug-likeness (QED) is 0.725. The summed E-state index contributed by atoms with van der Waals surface area (Å²) in [6.45, 7) is 6.34. The maximum atomic E-state index is 4.32. The van der Waals surface area contributed by atoms with Gasteiger partial charge in [-0.05, 0) is 17.5 Å². The van der Waals surface area contributed by atoms with Gasteiger partial charge >= 0.3 is 0 Å². The van der Waals surface area contributed by atoms with Crippen molar-refractivity contribution in [1.29, 1.82) is 0 Å². The average molecular weight is 190 g/mol. The number of fused-ring (bicyclic) bond motifs is 1. The molecule has 2 heterocycles. The molecule has 0 aliphatic rings. The van der Waals surface area contributed by atoms with Gasteiger partial charge in [0.25, 0.3) is 0 Å². The first kappa shape index (κ1) is 9.12. The van der Waals surface area contributed by atoms with E-state index in [1.54, 1.807) is 4.52 Å². The van der Waals surface area contributed by atoms with E-state index in [9.17, 15) is 0 Å². The maximum Gasteiger partial charge on any atom is 0.178 e. The van der Waals surface area contributed by atoms with Crippen LogP contribution in [0.1, 0.15) is 38.1 Å². The molecule has 2 aromatic heterocycles. The lowest BCUT2D eigenvalue weighted by Crippen LogP contribution is -1.99. The fraction of sp³-hybridized carbons (Fsp3) is 0.500. The van der Waals surface area contributed by atoms with E-state index in [1.165, 1.54) is 5.56 Å². The zero-order valence-electron chi connectivity index (χ0n) is 8.73. The molecule has 0 aliphatic heterocycles. The fourth-order valence-electron chi connectivity index (χ4n) is 1.39. The highest BCUT2D eigenvalue weighted by molar-refractivity contribution is 5.39. The molecular weight excluding hydrogens is 176 g/mol. The van der Waals surface area contributed by atoms with Gasteiger partial charge in [0.1, 0.15) is 0 Å². The second-order valence-electron chi connectivity index (χ2n) is 3.68. The Kier molecular flexibility index (Phi) is 2.19. The molecule has 0 fully saturated rings. The van der Waals surface area contributed by atoms with Crippen molar-refractivity contribution in [2.75, 3.05) is 0 Å². The van der Waals surface area contributed by atoms with Crippen molar-refractivity contribution in [3.8, 4) is 0 Å². The summed E-state index contributed by atoms with van der Waals surface area (Å²) in [6.07, 6.45) is 2.75. The summed E-state index contributed by atoms with van der Waals surface area (Å²) < 4.78 is 1.80. The van der Waals surface area contributed by atoms with Crippen LogP contribution in [0.15, 0.2) is 12.3 Å². The Hall–Kier alpha value is -1.45. The van der Waals surface area contributed by atoms with Gasteiger partial charge in [0.15, 0.2) is 11.5 Å². The van der Waals surface area contributed by atoms with Crippen LogP contribution in [0.25, 0.3) is 5.65 Å². The molecule has 0 saturated carbocycles. The summed E-state index contributed by atoms with van der Waals surface area (Å²) >= 11 is 0. The first-order valence-corrected chi connectivity index (χ1v) is 4.92. The molecule has 2 aromatic rings. The predicted octanol–water partition coefficient (Wildman–Crippen LogP) is 1.81. The molecule has 0 spiro atoms. The van der Waals surface area contributed by atoms with Crippen LogP contribution in [-0.4, -0.2) is 19.8 Å². The standard InChI is InChI=1S/C10H14N4/c1-4-9-12-13-10-5-8(7(2)3)6-11-14(9)10/h5-7H,4H2,1-3H3. The minimum Gasteiger partial charge on any atom is -0.197 e. The molecular formula is C10H14N4. The third kappa shape index (κ3) is 1.36. The Bertz CT molecular complexity index is 444. The molecule has 0 N–H and O–H groups in total. The smallest absolute Gasteiger partial charge is 0.178 e. The lowest BCUT2D eigenvalue weighted by molar-refractivity contribution is 0.794. The van der Waals surface area contributed by atoms with Crippen LogP contribution in [0, 0.1) is 0 Å². The lowest BCUT2D eigenvalue weighted by atomic mass is 10.1. The average Bonchev–Trinajstić information content (AvgIpc) is 2.59. The Morgan fingerprint density at radius 1 is 1.36 bits per heavy atom. The Morgan fingerprint density at radius 3 is 2.79 bits per heavy atom. The predicted molar refractivity (Wildman–Crippen MR) is 54.2 cm³/mol. The molecule has 4 heteroatoms. The van der Waals surface area contributed by atoms with Gasteiger partial charge in [-0.15, -0.1) is 10.2 Å². The Balaban J connectivity index is 2.57. The first-order valence-electron chi connectivity index (χ1n) is 4.92. The summed E-state index contributed by atoms with van der Waals surface area (Å²) in [7, 11) is 0. The van der Waals surface area contributed by atoms with Crippen molar-refractivity contribution in [3.05, 3.63) is 23.7 Å². The van der Waals surface area contributed by atoms with E-state index in [2.05, 4.69) is 36.1 Å². The number of hydrogen-bond acceptors (Lipinski definition) is 3. The molecule has 0 aliphatic carbocycles. The van der Waals surface area contributed by atoms with Gasteiger partial charge in [-0.3, -0.25) is 0 Å². The summed E-state index contributed by atoms with van der Waals surface area (Å²) in [4.78, 5) is 0. The van der Waals surface area contributed by atoms with Crippen molar-refractivity contribution in [1.82, 2.24) is 19.8 Å². The molecule has 0 bridgehead atoms. The van der Waals surface area contributed by atoms with Crippen molar-refractivity contribution >= 4 is 5.65 Å². The summed E-state index contributed by atoms with van der Waals surface area (Å²) in [5, 5.41) is 12.5. The highest BCUT2D eigenvalue weighted by atomic mass is 15.4. The van der Waals surface area contributed by atoms with E-state index in [1.807, 2.05) is 12.3 Å². The Labute approximate surface area is 83.0 Å². The SMILES string of the molecule is CCc1nnc2cc(C(C)C)cnn12. The zero-order chi connectivity index (χ0) is 10.1. The number of aryl methyl sites for hydroxylation is 1. The molecule has 0 saturated heterocycles. The lowest BCUT2D eigenvalue weighted by Gasteiger charge is -2.03. The van der Waals surface area contributed by atoms with Crippen LogP contribution >= 0.6 is 0 Å². The third-order valence-electron chi connectivity index (χ3n) is 2.33. The monoisotopic (exact) mass is 190 g/mol. The number of aromatic nitrogens is 4. The van der Waals surface area contributed by atoms with E-state index in [0.29, 0.717) is 5.92 Å². The minimum absolute atomic E-state index is 0.481. The normalized spacial score (nSPS) is 11.4. The molecule has 14 heavy (non-hydrogen) atoms. The van der Waals surface area contributed by atoms with Gasteiger partial charge in [0, 0.05) is 6.42 Å². The van der Waals surface area contributed by atoms with Gasteiger partial charge in [-0.25, -0.2) is 0 Å². The Morgan fingerprint density at radius 2 is 2.14 bits per heavy atom. The molecule has 2 rings (SSSR count). The molecule has 0 atom stereocenters. The van der Waals surface area contributed by atoms with Crippen LogP contribution in [-0.2, 0) is 6.42 Å². The van der Waals surface area contributed by atoms with Crippen LogP contribution in [0.3, 0.4) is 0 Å². The first-order chi connectivity index (χ1) is 6.72. The van der Waals surface area contributed by atoms with Crippen molar-refractivity contribution < 1.29 is 0 Å². The minimum atomic E-state index is 0.481. The summed E-state index contributed by atoms with van der Waals surface area (Å²) in [5.74, 6) is 1.39. The van der Waals surface area contributed by atoms with E-state index < -0.39 is 0 Å². The molecule has 0 aromatic carbocycles. The molecule has 0 radical (unpaired) electrons. The second-order valence-corrected chi connectivity index (χ2v) is 3.68. The van der Waals surface area contributed by atoms with Crippen molar-refractivity contribution in [2.24, 2.45) is 0 Å². The molecule has 74 valence electrons. The number of rotatable bonds is 2. The van der Waals surface area contributed by atoms with E-state index in [0.717, 1.165) is 17.9 Å². The van der Waals surface area contributed by atoms with E-state index in [4.69, 9.17) is 0 Å². The highest BCUT2D eigenvalue weighted by Crippen LogP contribution is 2.14. The summed E-state index contributed by atoms with van der Waals surface area (Å²) in [6, 6.07) is 2.05. The fourth-order valence-corrected chi connectivity index (χ4v) is 1.39. The number of nitrogens with zero attached hydrogens (tertiary/aromatic N) is 4. The van der Waals surface area contributed by atoms with Crippen LogP contribution in [0.4, 0.5) is 0 Å². The maximum absolute atomic E-state index is 4.32. The van der Waals surface area contributed by atoms with Crippen molar-refractivity contribution in [2.45, 2.75) is 33.1 Å². The third-order valence-corrected chi connectivity index (χ3v) is 2.33.